The molecule has 17 heavy (non-hydrogen) atoms. The maximum absolute atomic E-state index is 4.94. The fourth-order valence-electron chi connectivity index (χ4n) is 1.88. The van der Waals surface area contributed by atoms with E-state index in [1.165, 1.54) is 19.3 Å². The predicted molar refractivity (Wildman–Crippen MR) is 68.9 cm³/mol. The first-order valence-corrected chi connectivity index (χ1v) is 6.68. The Labute approximate surface area is 104 Å². The summed E-state index contributed by atoms with van der Waals surface area (Å²) in [6, 6.07) is 0.609. The number of rotatable bonds is 8. The molecule has 0 saturated carbocycles. The molecule has 4 heteroatoms. The summed E-state index contributed by atoms with van der Waals surface area (Å²) in [5.74, 6) is 2.24. The third kappa shape index (κ3) is 5.31. The van der Waals surface area contributed by atoms with Crippen LogP contribution in [-0.2, 0) is 6.42 Å². The van der Waals surface area contributed by atoms with E-state index >= 15 is 0 Å². The predicted octanol–water partition coefficient (Wildman–Crippen LogP) is 2.72. The fraction of sp³-hybridized carbons (Fsp3) is 0.846. The molecule has 0 aliphatic carbocycles. The summed E-state index contributed by atoms with van der Waals surface area (Å²) in [6.07, 6.45) is 4.52. The number of nitrogens with zero attached hydrogens (tertiary/aromatic N) is 2. The van der Waals surface area contributed by atoms with Crippen LogP contribution in [0.5, 0.6) is 0 Å². The van der Waals surface area contributed by atoms with Crippen molar-refractivity contribution in [3.63, 3.8) is 0 Å². The van der Waals surface area contributed by atoms with E-state index in [-0.39, 0.29) is 0 Å². The summed E-state index contributed by atoms with van der Waals surface area (Å²) in [4.78, 5) is 4.19. The highest BCUT2D eigenvalue weighted by molar-refractivity contribution is 4.85. The van der Waals surface area contributed by atoms with Gasteiger partial charge >= 0.3 is 0 Å². The van der Waals surface area contributed by atoms with E-state index in [1.807, 2.05) is 6.92 Å². The van der Waals surface area contributed by atoms with Gasteiger partial charge in [-0.05, 0) is 18.8 Å². The Bertz CT molecular complexity index is 311. The third-order valence-corrected chi connectivity index (χ3v) is 3.23. The largest absolute Gasteiger partial charge is 0.340 e. The summed E-state index contributed by atoms with van der Waals surface area (Å²) < 4.78 is 4.94. The van der Waals surface area contributed by atoms with Crippen molar-refractivity contribution in [3.8, 4) is 0 Å². The van der Waals surface area contributed by atoms with Gasteiger partial charge in [-0.15, -0.1) is 0 Å². The molecule has 0 aliphatic rings. The average molecular weight is 239 g/mol. The number of aromatic nitrogens is 2. The second-order valence-corrected chi connectivity index (χ2v) is 4.79. The zero-order valence-corrected chi connectivity index (χ0v) is 11.5. The maximum atomic E-state index is 4.94. The van der Waals surface area contributed by atoms with Crippen LogP contribution in [0, 0.1) is 12.8 Å². The molecule has 1 heterocycles. The molecule has 1 N–H and O–H groups in total. The summed E-state index contributed by atoms with van der Waals surface area (Å²) >= 11 is 0. The molecule has 0 bridgehead atoms. The number of aryl methyl sites for hydroxylation is 1. The monoisotopic (exact) mass is 239 g/mol. The van der Waals surface area contributed by atoms with Crippen LogP contribution in [0.2, 0.25) is 0 Å². The van der Waals surface area contributed by atoms with Gasteiger partial charge < -0.3 is 9.84 Å². The zero-order chi connectivity index (χ0) is 12.7. The molecule has 0 aliphatic heterocycles. The van der Waals surface area contributed by atoms with Gasteiger partial charge in [-0.25, -0.2) is 0 Å². The van der Waals surface area contributed by atoms with Gasteiger partial charge in [0.1, 0.15) is 0 Å². The quantitative estimate of drug-likeness (QED) is 0.758. The summed E-state index contributed by atoms with van der Waals surface area (Å²) in [5, 5.41) is 7.46. The van der Waals surface area contributed by atoms with Crippen LogP contribution in [0.25, 0.3) is 0 Å². The number of hydrogen-bond donors (Lipinski definition) is 1. The zero-order valence-electron chi connectivity index (χ0n) is 11.5. The Hall–Kier alpha value is -0.900. The van der Waals surface area contributed by atoms with Gasteiger partial charge in [0.25, 0.3) is 0 Å². The molecule has 0 radical (unpaired) electrons. The van der Waals surface area contributed by atoms with E-state index in [9.17, 15) is 0 Å². The third-order valence-electron chi connectivity index (χ3n) is 3.23. The van der Waals surface area contributed by atoms with Gasteiger partial charge in [-0.1, -0.05) is 32.3 Å². The average Bonchev–Trinajstić information content (AvgIpc) is 2.73. The van der Waals surface area contributed by atoms with E-state index in [1.54, 1.807) is 0 Å². The van der Waals surface area contributed by atoms with Gasteiger partial charge in [0.2, 0.25) is 5.89 Å². The molecule has 1 aromatic rings. The Morgan fingerprint density at radius 2 is 2.06 bits per heavy atom. The minimum atomic E-state index is 0.609. The maximum Gasteiger partial charge on any atom is 0.223 e. The lowest BCUT2D eigenvalue weighted by atomic mass is 9.98. The van der Waals surface area contributed by atoms with E-state index in [0.29, 0.717) is 11.9 Å². The molecule has 98 valence electrons. The highest BCUT2D eigenvalue weighted by Gasteiger charge is 2.10. The van der Waals surface area contributed by atoms with E-state index in [0.717, 1.165) is 24.7 Å². The molecule has 0 saturated heterocycles. The second kappa shape index (κ2) is 7.43. The lowest BCUT2D eigenvalue weighted by molar-refractivity contribution is 0.376. The minimum Gasteiger partial charge on any atom is -0.340 e. The number of nitrogens with one attached hydrogen (secondary N) is 1. The Kier molecular flexibility index (Phi) is 6.19. The molecule has 1 aromatic heterocycles. The van der Waals surface area contributed by atoms with Crippen molar-refractivity contribution in [2.24, 2.45) is 5.92 Å². The molecule has 4 nitrogen and oxygen atoms in total. The van der Waals surface area contributed by atoms with Crippen molar-refractivity contribution in [3.05, 3.63) is 11.7 Å². The first-order chi connectivity index (χ1) is 8.15. The van der Waals surface area contributed by atoms with Gasteiger partial charge in [0.15, 0.2) is 5.82 Å². The second-order valence-electron chi connectivity index (χ2n) is 4.79. The van der Waals surface area contributed by atoms with E-state index < -0.39 is 0 Å². The minimum absolute atomic E-state index is 0.609. The Morgan fingerprint density at radius 3 is 2.59 bits per heavy atom. The molecule has 0 fully saturated rings. The summed E-state index contributed by atoms with van der Waals surface area (Å²) in [6.45, 7) is 9.54. The molecule has 2 atom stereocenters. The van der Waals surface area contributed by atoms with E-state index in [2.05, 4.69) is 36.2 Å². The van der Waals surface area contributed by atoms with Gasteiger partial charge in [-0.3, -0.25) is 0 Å². The Balaban J connectivity index is 2.23. The van der Waals surface area contributed by atoms with Gasteiger partial charge in [0, 0.05) is 25.9 Å². The van der Waals surface area contributed by atoms with Crippen molar-refractivity contribution < 1.29 is 4.52 Å². The summed E-state index contributed by atoms with van der Waals surface area (Å²) in [7, 11) is 0. The standard InChI is InChI=1S/C13H25N3O/c1-5-10(3)9-12(6-2)14-8-7-13-15-11(4)17-16-13/h10,12,14H,5-9H2,1-4H3. The van der Waals surface area contributed by atoms with Crippen LogP contribution in [0.1, 0.15) is 51.7 Å². The fourth-order valence-corrected chi connectivity index (χ4v) is 1.88. The highest BCUT2D eigenvalue weighted by atomic mass is 16.5. The van der Waals surface area contributed by atoms with Crippen molar-refractivity contribution in [2.75, 3.05) is 6.54 Å². The normalized spacial score (nSPS) is 14.8. The first kappa shape index (κ1) is 14.2. The first-order valence-electron chi connectivity index (χ1n) is 6.68. The highest BCUT2D eigenvalue weighted by Crippen LogP contribution is 2.11. The molecule has 0 aromatic carbocycles. The molecular weight excluding hydrogens is 214 g/mol. The van der Waals surface area contributed by atoms with Crippen LogP contribution in [0.3, 0.4) is 0 Å². The van der Waals surface area contributed by atoms with Crippen LogP contribution < -0.4 is 5.32 Å². The smallest absolute Gasteiger partial charge is 0.223 e. The van der Waals surface area contributed by atoms with Crippen LogP contribution in [-0.4, -0.2) is 22.7 Å². The lowest BCUT2D eigenvalue weighted by Gasteiger charge is -2.19. The van der Waals surface area contributed by atoms with Crippen molar-refractivity contribution >= 4 is 0 Å². The van der Waals surface area contributed by atoms with Crippen LogP contribution >= 0.6 is 0 Å². The molecule has 0 amide bonds. The van der Waals surface area contributed by atoms with Crippen molar-refractivity contribution in [1.29, 1.82) is 0 Å². The van der Waals surface area contributed by atoms with Crippen molar-refractivity contribution in [1.82, 2.24) is 15.5 Å². The van der Waals surface area contributed by atoms with Crippen LogP contribution in [0.4, 0.5) is 0 Å². The Morgan fingerprint density at radius 1 is 1.29 bits per heavy atom. The van der Waals surface area contributed by atoms with Gasteiger partial charge in [0.05, 0.1) is 0 Å². The topological polar surface area (TPSA) is 51.0 Å². The number of hydrogen-bond acceptors (Lipinski definition) is 4. The molecule has 1 rings (SSSR count). The van der Waals surface area contributed by atoms with Crippen LogP contribution in [0.15, 0.2) is 4.52 Å². The van der Waals surface area contributed by atoms with Crippen molar-refractivity contribution in [2.45, 2.75) is 59.4 Å². The molecular formula is C13H25N3O. The molecule has 2 unspecified atom stereocenters. The SMILES string of the molecule is CCC(C)CC(CC)NCCc1noc(C)n1. The van der Waals surface area contributed by atoms with Gasteiger partial charge in [-0.2, -0.15) is 4.98 Å². The van der Waals surface area contributed by atoms with E-state index in [4.69, 9.17) is 4.52 Å². The lowest BCUT2D eigenvalue weighted by Crippen LogP contribution is -2.32. The summed E-state index contributed by atoms with van der Waals surface area (Å²) in [5.41, 5.74) is 0. The molecule has 0 spiro atoms.